The lowest BCUT2D eigenvalue weighted by Crippen LogP contribution is -2.53. The average Bonchev–Trinajstić information content (AvgIpc) is 2.15. The number of nitrogens with zero attached hydrogens (tertiary/aromatic N) is 2. The minimum absolute atomic E-state index is 0.589. The van der Waals surface area contributed by atoms with Crippen LogP contribution in [0.3, 0.4) is 0 Å². The molecular formula is C11H22N2O. The van der Waals surface area contributed by atoms with Crippen molar-refractivity contribution in [3.8, 4) is 0 Å². The monoisotopic (exact) mass is 198 g/mol. The number of hydrogen-bond donors (Lipinski definition) is 0. The molecule has 0 radical (unpaired) electrons. The molecule has 0 amide bonds. The maximum absolute atomic E-state index is 10.3. The van der Waals surface area contributed by atoms with E-state index in [0.29, 0.717) is 18.5 Å². The summed E-state index contributed by atoms with van der Waals surface area (Å²) in [5, 5.41) is 0. The molecule has 0 spiro atoms. The van der Waals surface area contributed by atoms with Gasteiger partial charge in [-0.05, 0) is 20.8 Å². The summed E-state index contributed by atoms with van der Waals surface area (Å²) in [5.41, 5.74) is 0. The van der Waals surface area contributed by atoms with Crippen molar-refractivity contribution in [3.05, 3.63) is 0 Å². The Balaban J connectivity index is 2.35. The van der Waals surface area contributed by atoms with Crippen LogP contribution in [0.2, 0.25) is 0 Å². The third kappa shape index (κ3) is 3.07. The van der Waals surface area contributed by atoms with Gasteiger partial charge in [0.15, 0.2) is 0 Å². The number of rotatable bonds is 4. The van der Waals surface area contributed by atoms with Crippen molar-refractivity contribution < 1.29 is 4.79 Å². The van der Waals surface area contributed by atoms with Gasteiger partial charge < -0.3 is 4.79 Å². The molecule has 0 N–H and O–H groups in total. The zero-order chi connectivity index (χ0) is 10.6. The lowest BCUT2D eigenvalue weighted by Gasteiger charge is -2.41. The van der Waals surface area contributed by atoms with Gasteiger partial charge in [-0.2, -0.15) is 0 Å². The third-order valence-electron chi connectivity index (χ3n) is 3.06. The van der Waals surface area contributed by atoms with E-state index in [1.807, 2.05) is 0 Å². The van der Waals surface area contributed by atoms with Crippen molar-refractivity contribution in [1.29, 1.82) is 0 Å². The topological polar surface area (TPSA) is 23.6 Å². The van der Waals surface area contributed by atoms with Crippen molar-refractivity contribution in [2.75, 3.05) is 26.2 Å². The number of hydrogen-bond acceptors (Lipinski definition) is 3. The van der Waals surface area contributed by atoms with E-state index in [9.17, 15) is 4.79 Å². The summed E-state index contributed by atoms with van der Waals surface area (Å²) < 4.78 is 0. The molecule has 0 aromatic carbocycles. The molecule has 0 bridgehead atoms. The Kier molecular flexibility index (Phi) is 4.55. The van der Waals surface area contributed by atoms with E-state index >= 15 is 0 Å². The van der Waals surface area contributed by atoms with E-state index in [0.717, 1.165) is 32.5 Å². The Labute approximate surface area is 87.1 Å². The molecule has 0 saturated carbocycles. The Hall–Kier alpha value is -0.410. The molecule has 1 aliphatic rings. The van der Waals surface area contributed by atoms with Crippen molar-refractivity contribution in [2.24, 2.45) is 0 Å². The second-order valence-corrected chi connectivity index (χ2v) is 4.43. The normalized spacial score (nSPS) is 25.6. The fourth-order valence-electron chi connectivity index (χ4n) is 2.04. The minimum Gasteiger partial charge on any atom is -0.303 e. The summed E-state index contributed by atoms with van der Waals surface area (Å²) in [6.07, 6.45) is 1.69. The average molecular weight is 198 g/mol. The second-order valence-electron chi connectivity index (χ2n) is 4.43. The first-order valence-corrected chi connectivity index (χ1v) is 5.57. The third-order valence-corrected chi connectivity index (χ3v) is 3.06. The first kappa shape index (κ1) is 11.7. The highest BCUT2D eigenvalue weighted by Crippen LogP contribution is 2.11. The number of aldehydes is 1. The highest BCUT2D eigenvalue weighted by Gasteiger charge is 2.24. The quantitative estimate of drug-likeness (QED) is 0.629. The highest BCUT2D eigenvalue weighted by atomic mass is 16.1. The standard InChI is InChI=1S/C11H22N2O/c1-10(2)13-7-6-12(5-4-8-14)11(3)9-13/h8,10-11H,4-7,9H2,1-3H3. The predicted molar refractivity (Wildman–Crippen MR) is 58.4 cm³/mol. The van der Waals surface area contributed by atoms with Crippen LogP contribution >= 0.6 is 0 Å². The minimum atomic E-state index is 0.589. The maximum Gasteiger partial charge on any atom is 0.121 e. The summed E-state index contributed by atoms with van der Waals surface area (Å²) >= 11 is 0. The summed E-state index contributed by atoms with van der Waals surface area (Å²) in [5.74, 6) is 0. The fraction of sp³-hybridized carbons (Fsp3) is 0.909. The van der Waals surface area contributed by atoms with Gasteiger partial charge in [-0.25, -0.2) is 0 Å². The van der Waals surface area contributed by atoms with Crippen LogP contribution < -0.4 is 0 Å². The first-order chi connectivity index (χ1) is 6.65. The van der Waals surface area contributed by atoms with Gasteiger partial charge in [0.2, 0.25) is 0 Å². The van der Waals surface area contributed by atoms with Crippen LogP contribution in [0.5, 0.6) is 0 Å². The van der Waals surface area contributed by atoms with Crippen LogP contribution in [0, 0.1) is 0 Å². The van der Waals surface area contributed by atoms with Crippen molar-refractivity contribution >= 4 is 6.29 Å². The number of piperazine rings is 1. The smallest absolute Gasteiger partial charge is 0.121 e. The molecule has 14 heavy (non-hydrogen) atoms. The van der Waals surface area contributed by atoms with Gasteiger partial charge in [-0.15, -0.1) is 0 Å². The van der Waals surface area contributed by atoms with Gasteiger partial charge in [0.1, 0.15) is 6.29 Å². The summed E-state index contributed by atoms with van der Waals surface area (Å²) in [6, 6.07) is 1.23. The van der Waals surface area contributed by atoms with Crippen LogP contribution in [0.4, 0.5) is 0 Å². The second kappa shape index (κ2) is 5.47. The van der Waals surface area contributed by atoms with Gasteiger partial charge in [0.05, 0.1) is 0 Å². The largest absolute Gasteiger partial charge is 0.303 e. The van der Waals surface area contributed by atoms with E-state index in [1.54, 1.807) is 0 Å². The molecule has 1 rings (SSSR count). The molecule has 1 fully saturated rings. The molecule has 0 aromatic rings. The summed E-state index contributed by atoms with van der Waals surface area (Å²) in [4.78, 5) is 15.2. The molecule has 1 heterocycles. The molecule has 0 aromatic heterocycles. The maximum atomic E-state index is 10.3. The molecule has 0 aliphatic carbocycles. The first-order valence-electron chi connectivity index (χ1n) is 5.57. The van der Waals surface area contributed by atoms with Gasteiger partial charge in [0, 0.05) is 44.7 Å². The van der Waals surface area contributed by atoms with Gasteiger partial charge in [-0.3, -0.25) is 9.80 Å². The lowest BCUT2D eigenvalue weighted by molar-refractivity contribution is -0.108. The lowest BCUT2D eigenvalue weighted by atomic mass is 10.1. The molecule has 3 nitrogen and oxygen atoms in total. The zero-order valence-electron chi connectivity index (χ0n) is 9.57. The van der Waals surface area contributed by atoms with Crippen molar-refractivity contribution in [2.45, 2.75) is 39.3 Å². The van der Waals surface area contributed by atoms with Crippen molar-refractivity contribution in [3.63, 3.8) is 0 Å². The number of carbonyl (C=O) groups excluding carboxylic acids is 1. The molecule has 1 unspecified atom stereocenters. The molecule has 1 atom stereocenters. The Morgan fingerprint density at radius 1 is 1.43 bits per heavy atom. The van der Waals surface area contributed by atoms with E-state index in [1.165, 1.54) is 0 Å². The molecular weight excluding hydrogens is 176 g/mol. The Morgan fingerprint density at radius 3 is 2.64 bits per heavy atom. The van der Waals surface area contributed by atoms with Crippen LogP contribution in [-0.4, -0.2) is 54.3 Å². The van der Waals surface area contributed by atoms with E-state index in [2.05, 4.69) is 30.6 Å². The van der Waals surface area contributed by atoms with Crippen LogP contribution in [0.1, 0.15) is 27.2 Å². The van der Waals surface area contributed by atoms with Crippen LogP contribution in [-0.2, 0) is 4.79 Å². The van der Waals surface area contributed by atoms with Crippen LogP contribution in [0.15, 0.2) is 0 Å². The SMILES string of the molecule is CC(C)N1CCN(CCC=O)C(C)C1. The highest BCUT2D eigenvalue weighted by molar-refractivity contribution is 5.49. The molecule has 82 valence electrons. The fourth-order valence-corrected chi connectivity index (χ4v) is 2.04. The summed E-state index contributed by atoms with van der Waals surface area (Å²) in [6.45, 7) is 11.0. The predicted octanol–water partition coefficient (Wildman–Crippen LogP) is 0.990. The Morgan fingerprint density at radius 2 is 2.14 bits per heavy atom. The Bertz CT molecular complexity index is 182. The van der Waals surface area contributed by atoms with E-state index < -0.39 is 0 Å². The van der Waals surface area contributed by atoms with Crippen LogP contribution in [0.25, 0.3) is 0 Å². The van der Waals surface area contributed by atoms with Gasteiger partial charge >= 0.3 is 0 Å². The molecule has 1 saturated heterocycles. The molecule has 1 aliphatic heterocycles. The number of carbonyl (C=O) groups is 1. The molecule has 3 heteroatoms. The van der Waals surface area contributed by atoms with E-state index in [-0.39, 0.29) is 0 Å². The van der Waals surface area contributed by atoms with Gasteiger partial charge in [0.25, 0.3) is 0 Å². The zero-order valence-corrected chi connectivity index (χ0v) is 9.57. The van der Waals surface area contributed by atoms with E-state index in [4.69, 9.17) is 0 Å². The van der Waals surface area contributed by atoms with Gasteiger partial charge in [-0.1, -0.05) is 0 Å². The summed E-state index contributed by atoms with van der Waals surface area (Å²) in [7, 11) is 0. The van der Waals surface area contributed by atoms with Crippen molar-refractivity contribution in [1.82, 2.24) is 9.80 Å².